The normalized spacial score (nSPS) is 16.7. The first-order valence-corrected chi connectivity index (χ1v) is 5.66. The molecule has 82 valence electrons. The van der Waals surface area contributed by atoms with Gasteiger partial charge in [-0.15, -0.1) is 11.8 Å². The highest BCUT2D eigenvalue weighted by molar-refractivity contribution is 7.99. The largest absolute Gasteiger partial charge is 0.314 e. The van der Waals surface area contributed by atoms with Crippen molar-refractivity contribution in [2.45, 2.75) is 36.0 Å². The first kappa shape index (κ1) is 12.1. The maximum Gasteiger partial charge on any atom is 0.102 e. The van der Waals surface area contributed by atoms with Gasteiger partial charge in [-0.05, 0) is 13.3 Å². The molecule has 0 aliphatic rings. The Kier molecular flexibility index (Phi) is 3.77. The van der Waals surface area contributed by atoms with Gasteiger partial charge >= 0.3 is 0 Å². The molecule has 1 aromatic rings. The van der Waals surface area contributed by atoms with Gasteiger partial charge in [-0.3, -0.25) is 4.68 Å². The molecule has 2 atom stereocenters. The summed E-state index contributed by atoms with van der Waals surface area (Å²) in [5.41, 5.74) is 5.04. The van der Waals surface area contributed by atoms with Crippen LogP contribution in [0.2, 0.25) is 0 Å². The molecule has 0 amide bonds. The van der Waals surface area contributed by atoms with Crippen molar-refractivity contribution < 1.29 is 0 Å². The van der Waals surface area contributed by atoms with E-state index < -0.39 is 5.54 Å². The van der Waals surface area contributed by atoms with Crippen molar-refractivity contribution >= 4 is 11.8 Å². The van der Waals surface area contributed by atoms with Gasteiger partial charge in [0.25, 0.3) is 0 Å². The molecule has 1 rings (SSSR count). The number of rotatable bonds is 4. The third-order valence-corrected chi connectivity index (χ3v) is 3.04. The SMILES string of the molecule is CC(CC(C)(N)C#N)Sc1cnn(C)c1. The van der Waals surface area contributed by atoms with Gasteiger partial charge in [0.2, 0.25) is 0 Å². The van der Waals surface area contributed by atoms with Gasteiger partial charge in [-0.2, -0.15) is 10.4 Å². The Morgan fingerprint density at radius 2 is 2.47 bits per heavy atom. The van der Waals surface area contributed by atoms with Gasteiger partial charge in [-0.25, -0.2) is 0 Å². The van der Waals surface area contributed by atoms with Crippen molar-refractivity contribution in [1.29, 1.82) is 5.26 Å². The Bertz CT molecular complexity index is 364. The first-order valence-electron chi connectivity index (χ1n) is 4.78. The van der Waals surface area contributed by atoms with E-state index >= 15 is 0 Å². The summed E-state index contributed by atoms with van der Waals surface area (Å²) in [5, 5.41) is 13.2. The topological polar surface area (TPSA) is 67.6 Å². The first-order chi connectivity index (χ1) is 6.93. The fourth-order valence-corrected chi connectivity index (χ4v) is 2.59. The molecule has 0 spiro atoms. The van der Waals surface area contributed by atoms with Gasteiger partial charge in [0, 0.05) is 23.4 Å². The van der Waals surface area contributed by atoms with Gasteiger partial charge in [0.1, 0.15) is 5.54 Å². The molecule has 5 heteroatoms. The fraction of sp³-hybridized carbons (Fsp3) is 0.600. The molecular formula is C10H16N4S. The van der Waals surface area contributed by atoms with Crippen molar-refractivity contribution in [2.24, 2.45) is 12.8 Å². The minimum atomic E-state index is -0.741. The third-order valence-electron chi connectivity index (χ3n) is 1.99. The van der Waals surface area contributed by atoms with Gasteiger partial charge < -0.3 is 5.73 Å². The molecule has 4 nitrogen and oxygen atoms in total. The summed E-state index contributed by atoms with van der Waals surface area (Å²) in [6.45, 7) is 3.83. The van der Waals surface area contributed by atoms with Crippen LogP contribution in [0.15, 0.2) is 17.3 Å². The lowest BCUT2D eigenvalue weighted by atomic mass is 10.00. The van der Waals surface area contributed by atoms with E-state index in [1.54, 1.807) is 23.4 Å². The highest BCUT2D eigenvalue weighted by atomic mass is 32.2. The molecule has 2 N–H and O–H groups in total. The molecule has 0 fully saturated rings. The van der Waals surface area contributed by atoms with Gasteiger partial charge in [-0.1, -0.05) is 6.92 Å². The summed E-state index contributed by atoms with van der Waals surface area (Å²) in [7, 11) is 1.89. The second kappa shape index (κ2) is 4.69. The van der Waals surface area contributed by atoms with Crippen LogP contribution in [-0.2, 0) is 7.05 Å². The number of aryl methyl sites for hydroxylation is 1. The molecule has 0 saturated heterocycles. The predicted molar refractivity (Wildman–Crippen MR) is 61.3 cm³/mol. The van der Waals surface area contributed by atoms with Crippen molar-refractivity contribution in [3.63, 3.8) is 0 Å². The van der Waals surface area contributed by atoms with E-state index in [-0.39, 0.29) is 0 Å². The number of nitrogens with zero attached hydrogens (tertiary/aromatic N) is 3. The van der Waals surface area contributed by atoms with Gasteiger partial charge in [0.05, 0.1) is 12.3 Å². The average Bonchev–Trinajstić information content (AvgIpc) is 2.50. The lowest BCUT2D eigenvalue weighted by Crippen LogP contribution is -2.36. The van der Waals surface area contributed by atoms with Crippen molar-refractivity contribution in [3.05, 3.63) is 12.4 Å². The molecular weight excluding hydrogens is 208 g/mol. The van der Waals surface area contributed by atoms with Crippen LogP contribution in [-0.4, -0.2) is 20.6 Å². The lowest BCUT2D eigenvalue weighted by Gasteiger charge is -2.19. The number of hydrogen-bond donors (Lipinski definition) is 1. The molecule has 0 aliphatic heterocycles. The smallest absolute Gasteiger partial charge is 0.102 e. The quantitative estimate of drug-likeness (QED) is 0.788. The number of hydrogen-bond acceptors (Lipinski definition) is 4. The Hall–Kier alpha value is -0.990. The van der Waals surface area contributed by atoms with E-state index in [9.17, 15) is 0 Å². The summed E-state index contributed by atoms with van der Waals surface area (Å²) >= 11 is 1.69. The Labute approximate surface area is 94.4 Å². The zero-order chi connectivity index (χ0) is 11.5. The summed E-state index contributed by atoms with van der Waals surface area (Å²) in [5.74, 6) is 0. The van der Waals surface area contributed by atoms with Crippen LogP contribution in [0.5, 0.6) is 0 Å². The zero-order valence-electron chi connectivity index (χ0n) is 9.27. The number of nitrogens with two attached hydrogens (primary N) is 1. The van der Waals surface area contributed by atoms with E-state index in [0.717, 1.165) is 4.90 Å². The van der Waals surface area contributed by atoms with E-state index in [1.807, 2.05) is 19.4 Å². The maximum atomic E-state index is 8.81. The Balaban J connectivity index is 2.50. The monoisotopic (exact) mass is 224 g/mol. The maximum absolute atomic E-state index is 8.81. The number of nitriles is 1. The molecule has 0 saturated carbocycles. The number of aromatic nitrogens is 2. The van der Waals surface area contributed by atoms with Crippen LogP contribution in [0.4, 0.5) is 0 Å². The van der Waals surface area contributed by atoms with E-state index in [4.69, 9.17) is 11.0 Å². The second-order valence-corrected chi connectivity index (χ2v) is 5.52. The van der Waals surface area contributed by atoms with Crippen molar-refractivity contribution in [1.82, 2.24) is 9.78 Å². The van der Waals surface area contributed by atoms with Crippen LogP contribution in [0, 0.1) is 11.3 Å². The summed E-state index contributed by atoms with van der Waals surface area (Å²) in [6, 6.07) is 2.11. The Morgan fingerprint density at radius 3 is 2.93 bits per heavy atom. The number of thioether (sulfide) groups is 1. The van der Waals surface area contributed by atoms with Crippen LogP contribution in [0.25, 0.3) is 0 Å². The molecule has 0 radical (unpaired) electrons. The highest BCUT2D eigenvalue weighted by Crippen LogP contribution is 2.27. The van der Waals surface area contributed by atoms with Crippen LogP contribution < -0.4 is 5.73 Å². The van der Waals surface area contributed by atoms with E-state index in [1.165, 1.54) is 0 Å². The average molecular weight is 224 g/mol. The van der Waals surface area contributed by atoms with Crippen molar-refractivity contribution in [2.75, 3.05) is 0 Å². The van der Waals surface area contributed by atoms with Crippen LogP contribution >= 0.6 is 11.8 Å². The molecule has 0 aromatic carbocycles. The van der Waals surface area contributed by atoms with E-state index in [0.29, 0.717) is 11.7 Å². The molecule has 15 heavy (non-hydrogen) atoms. The molecule has 1 heterocycles. The standard InChI is InChI=1S/C10H16N4S/c1-8(4-10(2,12)7-11)15-9-5-13-14(3)6-9/h5-6,8H,4,12H2,1-3H3. The summed E-state index contributed by atoms with van der Waals surface area (Å²) in [4.78, 5) is 1.11. The predicted octanol–water partition coefficient (Wildman–Crippen LogP) is 1.53. The Morgan fingerprint density at radius 1 is 1.80 bits per heavy atom. The fourth-order valence-electron chi connectivity index (χ4n) is 1.38. The van der Waals surface area contributed by atoms with E-state index in [2.05, 4.69) is 18.1 Å². The minimum Gasteiger partial charge on any atom is -0.314 e. The van der Waals surface area contributed by atoms with Crippen molar-refractivity contribution in [3.8, 4) is 6.07 Å². The molecule has 2 unspecified atom stereocenters. The molecule has 0 bridgehead atoms. The third kappa shape index (κ3) is 3.94. The van der Waals surface area contributed by atoms with Crippen LogP contribution in [0.3, 0.4) is 0 Å². The lowest BCUT2D eigenvalue weighted by molar-refractivity contribution is 0.545. The highest BCUT2D eigenvalue weighted by Gasteiger charge is 2.21. The van der Waals surface area contributed by atoms with Gasteiger partial charge in [0.15, 0.2) is 0 Å². The summed E-state index contributed by atoms with van der Waals surface area (Å²) < 4.78 is 1.76. The van der Waals surface area contributed by atoms with Crippen LogP contribution in [0.1, 0.15) is 20.3 Å². The zero-order valence-corrected chi connectivity index (χ0v) is 10.1. The molecule has 0 aliphatic carbocycles. The minimum absolute atomic E-state index is 0.309. The summed E-state index contributed by atoms with van der Waals surface area (Å²) in [6.07, 6.45) is 4.45. The second-order valence-electron chi connectivity index (χ2n) is 4.01. The molecule has 1 aromatic heterocycles.